The zero-order chi connectivity index (χ0) is 14.4. The highest BCUT2D eigenvalue weighted by Gasteiger charge is 2.26. The highest BCUT2D eigenvalue weighted by Crippen LogP contribution is 2.38. The van der Waals surface area contributed by atoms with E-state index in [2.05, 4.69) is 37.1 Å². The lowest BCUT2D eigenvalue weighted by molar-refractivity contribution is 0.240. The number of hydrogen-bond acceptors (Lipinski definition) is 3. The smallest absolute Gasteiger partial charge is 0.138 e. The van der Waals surface area contributed by atoms with E-state index in [4.69, 9.17) is 4.74 Å². The van der Waals surface area contributed by atoms with Crippen LogP contribution in [0, 0.1) is 5.92 Å². The summed E-state index contributed by atoms with van der Waals surface area (Å²) in [5, 5.41) is 3.51. The highest BCUT2D eigenvalue weighted by atomic mass is 16.5. The first-order chi connectivity index (χ1) is 9.70. The summed E-state index contributed by atoms with van der Waals surface area (Å²) in [5.74, 6) is 2.27. The first kappa shape index (κ1) is 15.3. The Kier molecular flexibility index (Phi) is 5.84. The quantitative estimate of drug-likeness (QED) is 0.859. The predicted octanol–water partition coefficient (Wildman–Crippen LogP) is 3.75. The fraction of sp³-hybridized carbons (Fsp3) is 0.706. The van der Waals surface area contributed by atoms with Crippen molar-refractivity contribution in [1.82, 2.24) is 10.3 Å². The van der Waals surface area contributed by atoms with Crippen LogP contribution in [0.1, 0.15) is 57.9 Å². The van der Waals surface area contributed by atoms with Crippen molar-refractivity contribution >= 4 is 0 Å². The molecule has 1 heterocycles. The van der Waals surface area contributed by atoms with Crippen LogP contribution < -0.4 is 10.1 Å². The third-order valence-corrected chi connectivity index (χ3v) is 4.10. The lowest BCUT2D eigenvalue weighted by atomic mass is 9.76. The molecule has 2 atom stereocenters. The standard InChI is InChI=1S/C17H28N2O/c1-4-18-10-14-7-5-6-8-17(14)15-9-16(12-19-11-15)20-13(2)3/h9,11-14,17-18H,4-8,10H2,1-3H3. The van der Waals surface area contributed by atoms with Crippen LogP contribution >= 0.6 is 0 Å². The van der Waals surface area contributed by atoms with Crippen LogP contribution in [0.5, 0.6) is 5.75 Å². The monoisotopic (exact) mass is 276 g/mol. The Labute approximate surface area is 123 Å². The van der Waals surface area contributed by atoms with Crippen molar-refractivity contribution in [2.24, 2.45) is 5.92 Å². The van der Waals surface area contributed by atoms with E-state index < -0.39 is 0 Å². The fourth-order valence-corrected chi connectivity index (χ4v) is 3.20. The summed E-state index contributed by atoms with van der Waals surface area (Å²) in [7, 11) is 0. The summed E-state index contributed by atoms with van der Waals surface area (Å²) in [6, 6.07) is 2.20. The zero-order valence-corrected chi connectivity index (χ0v) is 13.1. The average Bonchev–Trinajstić information content (AvgIpc) is 2.45. The first-order valence-corrected chi connectivity index (χ1v) is 8.03. The van der Waals surface area contributed by atoms with Gasteiger partial charge in [0.1, 0.15) is 5.75 Å². The largest absolute Gasteiger partial charge is 0.489 e. The molecule has 0 amide bonds. The number of hydrogen-bond donors (Lipinski definition) is 1. The number of rotatable bonds is 6. The normalized spacial score (nSPS) is 23.0. The van der Waals surface area contributed by atoms with Crippen molar-refractivity contribution < 1.29 is 4.74 Å². The third kappa shape index (κ3) is 4.20. The molecule has 1 aliphatic carbocycles. The minimum atomic E-state index is 0.205. The summed E-state index contributed by atoms with van der Waals surface area (Å²) in [4.78, 5) is 4.38. The van der Waals surface area contributed by atoms with Crippen molar-refractivity contribution in [1.29, 1.82) is 0 Å². The van der Waals surface area contributed by atoms with E-state index in [1.165, 1.54) is 31.2 Å². The predicted molar refractivity (Wildman–Crippen MR) is 83.2 cm³/mol. The molecule has 3 heteroatoms. The van der Waals surface area contributed by atoms with Crippen LogP contribution in [0.15, 0.2) is 18.5 Å². The average molecular weight is 276 g/mol. The van der Waals surface area contributed by atoms with Gasteiger partial charge in [0.25, 0.3) is 0 Å². The Bertz CT molecular complexity index is 406. The topological polar surface area (TPSA) is 34.2 Å². The molecule has 0 bridgehead atoms. The summed E-state index contributed by atoms with van der Waals surface area (Å²) in [5.41, 5.74) is 1.35. The van der Waals surface area contributed by atoms with E-state index in [1.54, 1.807) is 0 Å². The molecule has 1 aromatic heterocycles. The fourth-order valence-electron chi connectivity index (χ4n) is 3.20. The minimum absolute atomic E-state index is 0.205. The summed E-state index contributed by atoms with van der Waals surface area (Å²) in [6.07, 6.45) is 9.37. The number of pyridine rings is 1. The molecule has 2 rings (SSSR count). The first-order valence-electron chi connectivity index (χ1n) is 8.03. The molecule has 1 fully saturated rings. The van der Waals surface area contributed by atoms with Gasteiger partial charge in [0.15, 0.2) is 0 Å². The van der Waals surface area contributed by atoms with Crippen LogP contribution in [0.25, 0.3) is 0 Å². The third-order valence-electron chi connectivity index (χ3n) is 4.10. The van der Waals surface area contributed by atoms with Crippen molar-refractivity contribution in [3.05, 3.63) is 24.0 Å². The van der Waals surface area contributed by atoms with Crippen LogP contribution in [-0.2, 0) is 0 Å². The Hall–Kier alpha value is -1.09. The van der Waals surface area contributed by atoms with E-state index in [-0.39, 0.29) is 6.10 Å². The van der Waals surface area contributed by atoms with Gasteiger partial charge in [0.2, 0.25) is 0 Å². The van der Waals surface area contributed by atoms with Gasteiger partial charge in [-0.15, -0.1) is 0 Å². The molecule has 0 spiro atoms. The summed E-state index contributed by atoms with van der Waals surface area (Å²) in [6.45, 7) is 8.47. The Morgan fingerprint density at radius 3 is 2.85 bits per heavy atom. The maximum Gasteiger partial charge on any atom is 0.138 e. The minimum Gasteiger partial charge on any atom is -0.489 e. The van der Waals surface area contributed by atoms with Crippen LogP contribution in [0.4, 0.5) is 0 Å². The van der Waals surface area contributed by atoms with E-state index in [0.717, 1.165) is 24.8 Å². The number of nitrogens with one attached hydrogen (secondary N) is 1. The molecule has 2 unspecified atom stereocenters. The lowest BCUT2D eigenvalue weighted by Crippen LogP contribution is -2.29. The SMILES string of the molecule is CCNCC1CCCCC1c1cncc(OC(C)C)c1. The van der Waals surface area contributed by atoms with Gasteiger partial charge in [0.05, 0.1) is 12.3 Å². The Balaban J connectivity index is 2.10. The van der Waals surface area contributed by atoms with Gasteiger partial charge in [-0.25, -0.2) is 0 Å². The highest BCUT2D eigenvalue weighted by molar-refractivity contribution is 5.27. The van der Waals surface area contributed by atoms with Crippen LogP contribution in [0.2, 0.25) is 0 Å². The van der Waals surface area contributed by atoms with Gasteiger partial charge in [-0.1, -0.05) is 19.8 Å². The van der Waals surface area contributed by atoms with Gasteiger partial charge >= 0.3 is 0 Å². The van der Waals surface area contributed by atoms with Gasteiger partial charge in [-0.2, -0.15) is 0 Å². The molecule has 0 saturated heterocycles. The van der Waals surface area contributed by atoms with E-state index in [1.807, 2.05) is 12.4 Å². The summed E-state index contributed by atoms with van der Waals surface area (Å²) >= 11 is 0. The van der Waals surface area contributed by atoms with E-state index in [0.29, 0.717) is 5.92 Å². The molecule has 1 aromatic rings. The molecule has 20 heavy (non-hydrogen) atoms. The van der Waals surface area contributed by atoms with Gasteiger partial charge in [-0.05, 0) is 63.2 Å². The van der Waals surface area contributed by atoms with Crippen LogP contribution in [-0.4, -0.2) is 24.2 Å². The lowest BCUT2D eigenvalue weighted by Gasteiger charge is -2.32. The second-order valence-corrected chi connectivity index (χ2v) is 6.08. The number of aromatic nitrogens is 1. The van der Waals surface area contributed by atoms with E-state index >= 15 is 0 Å². The Morgan fingerprint density at radius 2 is 2.10 bits per heavy atom. The van der Waals surface area contributed by atoms with Gasteiger partial charge in [0, 0.05) is 6.20 Å². The van der Waals surface area contributed by atoms with Crippen molar-refractivity contribution in [2.45, 2.75) is 58.5 Å². The molecule has 3 nitrogen and oxygen atoms in total. The molecular formula is C17H28N2O. The van der Waals surface area contributed by atoms with Gasteiger partial charge in [-0.3, -0.25) is 4.98 Å². The molecule has 0 radical (unpaired) electrons. The number of nitrogens with zero attached hydrogens (tertiary/aromatic N) is 1. The molecule has 0 aliphatic heterocycles. The second-order valence-electron chi connectivity index (χ2n) is 6.08. The maximum atomic E-state index is 5.78. The number of ether oxygens (including phenoxy) is 1. The molecule has 1 saturated carbocycles. The van der Waals surface area contributed by atoms with Crippen molar-refractivity contribution in [2.75, 3.05) is 13.1 Å². The second kappa shape index (κ2) is 7.63. The van der Waals surface area contributed by atoms with Gasteiger partial charge < -0.3 is 10.1 Å². The molecular weight excluding hydrogens is 248 g/mol. The molecule has 1 N–H and O–H groups in total. The Morgan fingerprint density at radius 1 is 1.30 bits per heavy atom. The molecule has 1 aliphatic rings. The maximum absolute atomic E-state index is 5.78. The summed E-state index contributed by atoms with van der Waals surface area (Å²) < 4.78 is 5.78. The van der Waals surface area contributed by atoms with Crippen molar-refractivity contribution in [3.8, 4) is 5.75 Å². The van der Waals surface area contributed by atoms with E-state index in [9.17, 15) is 0 Å². The molecule has 112 valence electrons. The molecule has 0 aromatic carbocycles. The van der Waals surface area contributed by atoms with Crippen molar-refractivity contribution in [3.63, 3.8) is 0 Å². The van der Waals surface area contributed by atoms with Crippen LogP contribution in [0.3, 0.4) is 0 Å². The zero-order valence-electron chi connectivity index (χ0n) is 13.1.